The number of fused-ring (bicyclic) bond motifs is 1. The van der Waals surface area contributed by atoms with Gasteiger partial charge in [-0.15, -0.1) is 0 Å². The number of hydrogen-bond acceptors (Lipinski definition) is 6. The van der Waals surface area contributed by atoms with Gasteiger partial charge < -0.3 is 14.0 Å². The van der Waals surface area contributed by atoms with Crippen LogP contribution in [-0.4, -0.2) is 21.9 Å². The van der Waals surface area contributed by atoms with Crippen LogP contribution >= 0.6 is 0 Å². The molecule has 0 saturated heterocycles. The van der Waals surface area contributed by atoms with E-state index in [1.54, 1.807) is 20.8 Å². The van der Waals surface area contributed by atoms with E-state index in [9.17, 15) is 4.79 Å². The SMILES string of the molecule is CC(C)(C)OC(=O)Oc1onc(-c2ccccc2)c1-c1ccc2ccccc2n1. The molecule has 0 atom stereocenters. The number of nitrogens with zero attached hydrogens (tertiary/aromatic N) is 2. The predicted octanol–water partition coefficient (Wildman–Crippen LogP) is 5.87. The van der Waals surface area contributed by atoms with Crippen molar-refractivity contribution < 1.29 is 18.8 Å². The molecule has 0 aliphatic carbocycles. The van der Waals surface area contributed by atoms with Gasteiger partial charge >= 0.3 is 12.1 Å². The Bertz CT molecular complexity index is 1160. The topological polar surface area (TPSA) is 74.5 Å². The van der Waals surface area contributed by atoms with Gasteiger partial charge in [-0.2, -0.15) is 0 Å². The first kappa shape index (κ1) is 18.7. The standard InChI is InChI=1S/C23H20N2O4/c1-23(2,3)28-22(26)27-21-19(20(25-29-21)16-10-5-4-6-11-16)18-14-13-15-9-7-8-12-17(15)24-18/h4-14H,1-3H3. The lowest BCUT2D eigenvalue weighted by atomic mass is 10.0. The molecule has 0 radical (unpaired) electrons. The first-order valence-corrected chi connectivity index (χ1v) is 9.23. The van der Waals surface area contributed by atoms with Crippen LogP contribution in [0.4, 0.5) is 4.79 Å². The number of rotatable bonds is 3. The number of benzene rings is 2. The molecule has 2 aromatic heterocycles. The van der Waals surface area contributed by atoms with Gasteiger partial charge in [-0.05, 0) is 32.9 Å². The minimum atomic E-state index is -0.865. The molecule has 0 spiro atoms. The van der Waals surface area contributed by atoms with E-state index in [2.05, 4.69) is 5.16 Å². The highest BCUT2D eigenvalue weighted by Gasteiger charge is 2.26. The summed E-state index contributed by atoms with van der Waals surface area (Å²) in [6.45, 7) is 5.28. The molecule has 0 aliphatic rings. The summed E-state index contributed by atoms with van der Waals surface area (Å²) in [5.74, 6) is -0.0547. The van der Waals surface area contributed by atoms with Crippen molar-refractivity contribution >= 4 is 17.1 Å². The average molecular weight is 388 g/mol. The fraction of sp³-hybridized carbons (Fsp3) is 0.174. The number of carbonyl (C=O) groups excluding carboxylic acids is 1. The highest BCUT2D eigenvalue weighted by atomic mass is 16.8. The first-order valence-electron chi connectivity index (χ1n) is 9.23. The third-order valence-electron chi connectivity index (χ3n) is 4.13. The third kappa shape index (κ3) is 4.11. The van der Waals surface area contributed by atoms with E-state index in [0.29, 0.717) is 17.0 Å². The molecule has 2 heterocycles. The number of aromatic nitrogens is 2. The van der Waals surface area contributed by atoms with E-state index < -0.39 is 11.8 Å². The molecule has 4 aromatic rings. The van der Waals surface area contributed by atoms with Crippen molar-refractivity contribution in [2.24, 2.45) is 0 Å². The summed E-state index contributed by atoms with van der Waals surface area (Å²) < 4.78 is 16.0. The second kappa shape index (κ2) is 7.39. The smallest absolute Gasteiger partial charge is 0.428 e. The summed E-state index contributed by atoms with van der Waals surface area (Å²) in [6.07, 6.45) is -0.865. The summed E-state index contributed by atoms with van der Waals surface area (Å²) in [4.78, 5) is 16.9. The lowest BCUT2D eigenvalue weighted by molar-refractivity contribution is 0.0148. The minimum Gasteiger partial charge on any atom is -0.428 e. The van der Waals surface area contributed by atoms with Crippen molar-refractivity contribution in [2.75, 3.05) is 0 Å². The van der Waals surface area contributed by atoms with E-state index in [0.717, 1.165) is 16.5 Å². The van der Waals surface area contributed by atoms with E-state index >= 15 is 0 Å². The highest BCUT2D eigenvalue weighted by Crippen LogP contribution is 2.39. The van der Waals surface area contributed by atoms with Crippen LogP contribution < -0.4 is 4.74 Å². The zero-order valence-corrected chi connectivity index (χ0v) is 16.4. The van der Waals surface area contributed by atoms with Crippen molar-refractivity contribution in [1.82, 2.24) is 10.1 Å². The Morgan fingerprint density at radius 3 is 2.41 bits per heavy atom. The van der Waals surface area contributed by atoms with Crippen molar-refractivity contribution in [3.8, 4) is 28.5 Å². The van der Waals surface area contributed by atoms with Crippen LogP contribution in [0.5, 0.6) is 5.95 Å². The van der Waals surface area contributed by atoms with Crippen LogP contribution in [-0.2, 0) is 4.74 Å². The summed E-state index contributed by atoms with van der Waals surface area (Å²) >= 11 is 0. The Kier molecular flexibility index (Phi) is 4.76. The maximum Gasteiger partial charge on any atom is 0.516 e. The average Bonchev–Trinajstić information content (AvgIpc) is 3.10. The molecule has 0 bridgehead atoms. The van der Waals surface area contributed by atoms with Crippen LogP contribution in [0.3, 0.4) is 0 Å². The van der Waals surface area contributed by atoms with Crippen LogP contribution in [0.2, 0.25) is 0 Å². The van der Waals surface area contributed by atoms with Gasteiger partial charge in [0.05, 0.1) is 11.2 Å². The van der Waals surface area contributed by atoms with Gasteiger partial charge in [0.25, 0.3) is 0 Å². The summed E-state index contributed by atoms with van der Waals surface area (Å²) in [7, 11) is 0. The number of pyridine rings is 1. The Morgan fingerprint density at radius 1 is 0.931 bits per heavy atom. The molecule has 0 amide bonds. The van der Waals surface area contributed by atoms with Gasteiger partial charge in [0.15, 0.2) is 0 Å². The molecular weight excluding hydrogens is 368 g/mol. The molecule has 0 saturated carbocycles. The molecule has 0 N–H and O–H groups in total. The van der Waals surface area contributed by atoms with Gasteiger partial charge in [-0.3, -0.25) is 0 Å². The van der Waals surface area contributed by atoms with Crippen LogP contribution in [0, 0.1) is 0 Å². The third-order valence-corrected chi connectivity index (χ3v) is 4.13. The van der Waals surface area contributed by atoms with Gasteiger partial charge in [-0.25, -0.2) is 9.78 Å². The normalized spacial score (nSPS) is 11.4. The van der Waals surface area contributed by atoms with Gasteiger partial charge in [0, 0.05) is 10.9 Å². The van der Waals surface area contributed by atoms with Crippen LogP contribution in [0.15, 0.2) is 71.3 Å². The molecule has 0 aliphatic heterocycles. The Morgan fingerprint density at radius 2 is 1.66 bits per heavy atom. The predicted molar refractivity (Wildman–Crippen MR) is 110 cm³/mol. The second-order valence-corrected chi connectivity index (χ2v) is 7.52. The molecule has 0 fully saturated rings. The van der Waals surface area contributed by atoms with Crippen molar-refractivity contribution in [3.05, 3.63) is 66.7 Å². The lowest BCUT2D eigenvalue weighted by Crippen LogP contribution is -2.26. The minimum absolute atomic E-state index is 0.0547. The van der Waals surface area contributed by atoms with Crippen LogP contribution in [0.1, 0.15) is 20.8 Å². The van der Waals surface area contributed by atoms with E-state index in [4.69, 9.17) is 19.0 Å². The Hall–Kier alpha value is -3.67. The molecule has 2 aromatic carbocycles. The number of carbonyl (C=O) groups is 1. The number of hydrogen-bond donors (Lipinski definition) is 0. The van der Waals surface area contributed by atoms with Crippen molar-refractivity contribution in [1.29, 1.82) is 0 Å². The summed E-state index contributed by atoms with van der Waals surface area (Å²) in [6, 6.07) is 21.1. The Balaban J connectivity index is 1.82. The fourth-order valence-corrected chi connectivity index (χ4v) is 2.92. The molecule has 146 valence electrons. The number of ether oxygens (including phenoxy) is 2. The van der Waals surface area contributed by atoms with Crippen molar-refractivity contribution in [3.63, 3.8) is 0 Å². The second-order valence-electron chi connectivity index (χ2n) is 7.52. The monoisotopic (exact) mass is 388 g/mol. The van der Waals surface area contributed by atoms with Crippen molar-refractivity contribution in [2.45, 2.75) is 26.4 Å². The maximum atomic E-state index is 12.2. The van der Waals surface area contributed by atoms with Gasteiger partial charge in [0.1, 0.15) is 16.9 Å². The lowest BCUT2D eigenvalue weighted by Gasteiger charge is -2.18. The highest BCUT2D eigenvalue weighted by molar-refractivity contribution is 5.87. The van der Waals surface area contributed by atoms with Crippen LogP contribution in [0.25, 0.3) is 33.4 Å². The summed E-state index contributed by atoms with van der Waals surface area (Å²) in [5.41, 5.74) is 2.55. The molecule has 29 heavy (non-hydrogen) atoms. The molecule has 4 rings (SSSR count). The quantitative estimate of drug-likeness (QED) is 0.409. The molecule has 6 heteroatoms. The van der Waals surface area contributed by atoms with Gasteiger partial charge in [-0.1, -0.05) is 59.8 Å². The Labute approximate surface area is 168 Å². The van der Waals surface area contributed by atoms with E-state index in [1.165, 1.54) is 0 Å². The van der Waals surface area contributed by atoms with E-state index in [-0.39, 0.29) is 5.95 Å². The molecule has 0 unspecified atom stereocenters. The van der Waals surface area contributed by atoms with Gasteiger partial charge in [0.2, 0.25) is 0 Å². The largest absolute Gasteiger partial charge is 0.516 e. The maximum absolute atomic E-state index is 12.2. The zero-order valence-electron chi connectivity index (χ0n) is 16.4. The molecular formula is C23H20N2O4. The van der Waals surface area contributed by atoms with E-state index in [1.807, 2.05) is 66.7 Å². The summed E-state index contributed by atoms with van der Waals surface area (Å²) in [5, 5.41) is 5.15. The zero-order chi connectivity index (χ0) is 20.4. The number of para-hydroxylation sites is 1. The fourth-order valence-electron chi connectivity index (χ4n) is 2.92. The first-order chi connectivity index (χ1) is 13.9. The molecule has 6 nitrogen and oxygen atoms in total.